The van der Waals surface area contributed by atoms with Gasteiger partial charge in [0.15, 0.2) is 18.9 Å². The molecule has 278 valence electrons. The summed E-state index contributed by atoms with van der Waals surface area (Å²) in [6, 6.07) is 0.241. The van der Waals surface area contributed by atoms with Crippen LogP contribution in [0.3, 0.4) is 0 Å². The molecule has 0 aromatic rings. The zero-order valence-corrected chi connectivity index (χ0v) is 32.1. The highest BCUT2D eigenvalue weighted by Gasteiger charge is 2.50. The van der Waals surface area contributed by atoms with E-state index >= 15 is 0 Å². The molecule has 0 radical (unpaired) electrons. The first-order valence-corrected chi connectivity index (χ1v) is 18.5. The molecule has 0 N–H and O–H groups in total. The van der Waals surface area contributed by atoms with Crippen molar-refractivity contribution in [1.29, 1.82) is 0 Å². The molecule has 15 unspecified atom stereocenters. The molecule has 0 aromatic carbocycles. The molecule has 0 aliphatic carbocycles. The number of terminal acetylenes is 1. The largest absolute Gasteiger partial charge is 0.595 e. The molecule has 0 spiro atoms. The van der Waals surface area contributed by atoms with Crippen LogP contribution < -0.4 is 5.11 Å². The summed E-state index contributed by atoms with van der Waals surface area (Å²) in [7, 11) is 2.09. The average Bonchev–Trinajstić information content (AvgIpc) is 3.02. The van der Waals surface area contributed by atoms with Crippen molar-refractivity contribution in [2.24, 2.45) is 40.5 Å². The average molecular weight is 680 g/mol. The first kappa shape index (κ1) is 41.0. The van der Waals surface area contributed by atoms with Crippen molar-refractivity contribution >= 4 is 6.08 Å². The van der Waals surface area contributed by atoms with Gasteiger partial charge < -0.3 is 38.3 Å². The van der Waals surface area contributed by atoms with Crippen molar-refractivity contribution in [3.8, 4) is 12.3 Å². The third-order valence-electron chi connectivity index (χ3n) is 11.0. The van der Waals surface area contributed by atoms with Gasteiger partial charge in [-0.1, -0.05) is 89.0 Å². The van der Waals surface area contributed by atoms with Crippen LogP contribution in [0.2, 0.25) is 0 Å². The SMILES string of the molecule is C#CCN(C)C1C(CC)OC(OC2C(CC)OC(OC3C(CC)OC(OCCN=C([O-])OC(C)(C)C)C(C)C3C)C(C)C2C)C(C)C1C. The normalized spacial score (nSPS) is 41.3. The Morgan fingerprint density at radius 2 is 1.21 bits per heavy atom. The predicted molar refractivity (Wildman–Crippen MR) is 186 cm³/mol. The lowest BCUT2D eigenvalue weighted by Crippen LogP contribution is -2.60. The lowest BCUT2D eigenvalue weighted by atomic mass is 9.80. The Labute approximate surface area is 291 Å². The minimum Gasteiger partial charge on any atom is -0.595 e. The Morgan fingerprint density at radius 3 is 1.69 bits per heavy atom. The first-order chi connectivity index (χ1) is 22.6. The van der Waals surface area contributed by atoms with Crippen LogP contribution in [0.5, 0.6) is 0 Å². The van der Waals surface area contributed by atoms with Crippen LogP contribution in [-0.2, 0) is 33.2 Å². The smallest absolute Gasteiger partial charge is 0.161 e. The Bertz CT molecular complexity index is 1040. The maximum Gasteiger partial charge on any atom is 0.161 e. The molecule has 10 nitrogen and oxygen atoms in total. The molecule has 3 fully saturated rings. The zero-order chi connectivity index (χ0) is 35.9. The summed E-state index contributed by atoms with van der Waals surface area (Å²) in [4.78, 5) is 6.21. The number of likely N-dealkylation sites (N-methyl/N-ethyl adjacent to an activating group) is 1. The highest BCUT2D eigenvalue weighted by atomic mass is 16.7. The lowest BCUT2D eigenvalue weighted by Gasteiger charge is -2.52. The molecule has 3 heterocycles. The fraction of sp³-hybridized carbons (Fsp3) is 0.921. The molecular weight excluding hydrogens is 612 g/mol. The van der Waals surface area contributed by atoms with E-state index in [-0.39, 0.29) is 91.9 Å². The van der Waals surface area contributed by atoms with Gasteiger partial charge >= 0.3 is 0 Å². The maximum atomic E-state index is 12.0. The summed E-state index contributed by atoms with van der Waals surface area (Å²) in [5, 5.41) is 12.0. The Morgan fingerprint density at radius 1 is 0.750 bits per heavy atom. The quantitative estimate of drug-likeness (QED) is 0.109. The Hall–Kier alpha value is -1.45. The second-order valence-corrected chi connectivity index (χ2v) is 15.6. The summed E-state index contributed by atoms with van der Waals surface area (Å²) >= 11 is 0. The molecule has 10 heteroatoms. The zero-order valence-electron chi connectivity index (χ0n) is 32.1. The third-order valence-corrected chi connectivity index (χ3v) is 11.0. The second kappa shape index (κ2) is 18.2. The van der Waals surface area contributed by atoms with E-state index < -0.39 is 18.0 Å². The molecule has 3 saturated heterocycles. The van der Waals surface area contributed by atoms with Crippen LogP contribution in [0, 0.1) is 47.9 Å². The summed E-state index contributed by atoms with van der Waals surface area (Å²) in [5.41, 5.74) is -0.576. The van der Waals surface area contributed by atoms with Crippen LogP contribution in [-0.4, -0.2) is 98.8 Å². The van der Waals surface area contributed by atoms with E-state index in [9.17, 15) is 5.11 Å². The van der Waals surface area contributed by atoms with Crippen molar-refractivity contribution in [3.63, 3.8) is 0 Å². The van der Waals surface area contributed by atoms with Crippen LogP contribution in [0.15, 0.2) is 4.99 Å². The van der Waals surface area contributed by atoms with Gasteiger partial charge in [-0.05, 0) is 44.1 Å². The van der Waals surface area contributed by atoms with Gasteiger partial charge in [0.25, 0.3) is 0 Å². The van der Waals surface area contributed by atoms with E-state index in [4.69, 9.17) is 39.6 Å². The van der Waals surface area contributed by atoms with Crippen molar-refractivity contribution in [2.75, 3.05) is 26.7 Å². The fourth-order valence-electron chi connectivity index (χ4n) is 7.56. The molecule has 0 aromatic heterocycles. The van der Waals surface area contributed by atoms with Crippen molar-refractivity contribution in [2.45, 2.75) is 163 Å². The van der Waals surface area contributed by atoms with E-state index in [0.717, 1.165) is 19.3 Å². The summed E-state index contributed by atoms with van der Waals surface area (Å²) in [5.74, 6) is 3.84. The monoisotopic (exact) mass is 679 g/mol. The number of rotatable bonds is 13. The van der Waals surface area contributed by atoms with Crippen molar-refractivity contribution < 1.29 is 38.3 Å². The summed E-state index contributed by atoms with van der Waals surface area (Å²) in [6.45, 7) is 26.3. The molecule has 48 heavy (non-hydrogen) atoms. The van der Waals surface area contributed by atoms with Gasteiger partial charge in [0.2, 0.25) is 0 Å². The van der Waals surface area contributed by atoms with Gasteiger partial charge in [0, 0.05) is 29.4 Å². The van der Waals surface area contributed by atoms with Crippen molar-refractivity contribution in [3.05, 3.63) is 0 Å². The number of ether oxygens (including phenoxy) is 7. The molecule has 0 saturated carbocycles. The number of aliphatic imine (C=N–C) groups is 1. The van der Waals surface area contributed by atoms with E-state index in [1.54, 1.807) is 0 Å². The van der Waals surface area contributed by atoms with Gasteiger partial charge in [0.05, 0.1) is 50.2 Å². The molecule has 3 aliphatic rings. The minimum absolute atomic E-state index is 0.0425. The number of hydrogen-bond donors (Lipinski definition) is 0. The standard InChI is InChI=1S/C38H68N2O8/c1-15-20-40(14)31-22(5)25(8)35(43-28(31)16-2)46-33-24(7)27(10)36(45-30(33)18-4)47-32-23(6)26(9)34(44-29(32)17-3)42-21-19-39-37(41)48-38(11,12)13/h1,22-36H,16-21H2,2-14H3,(H,39,41)/p-1. The second-order valence-electron chi connectivity index (χ2n) is 15.6. The highest BCUT2D eigenvalue weighted by molar-refractivity contribution is 5.62. The molecular formula is C38H67N2O8-. The fourth-order valence-corrected chi connectivity index (χ4v) is 7.56. The number of nitrogens with zero attached hydrogens (tertiary/aromatic N) is 2. The topological polar surface area (TPSA) is 103 Å². The molecule has 3 rings (SSSR count). The van der Waals surface area contributed by atoms with Gasteiger partial charge in [-0.2, -0.15) is 0 Å². The molecule has 0 bridgehead atoms. The lowest BCUT2D eigenvalue weighted by molar-refractivity contribution is -0.348. The number of hydrogen-bond acceptors (Lipinski definition) is 10. The molecule has 0 amide bonds. The van der Waals surface area contributed by atoms with Crippen LogP contribution in [0.1, 0.15) is 102 Å². The third kappa shape index (κ3) is 10.1. The van der Waals surface area contributed by atoms with Gasteiger partial charge in [0.1, 0.15) is 6.08 Å². The highest BCUT2D eigenvalue weighted by Crippen LogP contribution is 2.42. The van der Waals surface area contributed by atoms with E-state index in [0.29, 0.717) is 12.5 Å². The molecule has 3 aliphatic heterocycles. The van der Waals surface area contributed by atoms with Crippen LogP contribution >= 0.6 is 0 Å². The van der Waals surface area contributed by atoms with Gasteiger partial charge in [-0.25, -0.2) is 0 Å². The summed E-state index contributed by atoms with van der Waals surface area (Å²) < 4.78 is 45.0. The Kier molecular flexibility index (Phi) is 15.5. The molecule has 15 atom stereocenters. The minimum atomic E-state index is -0.580. The van der Waals surface area contributed by atoms with E-state index in [1.165, 1.54) is 0 Å². The van der Waals surface area contributed by atoms with Gasteiger partial charge in [-0.15, -0.1) is 6.42 Å². The van der Waals surface area contributed by atoms with Crippen LogP contribution in [0.4, 0.5) is 0 Å². The first-order valence-electron chi connectivity index (χ1n) is 18.5. The van der Waals surface area contributed by atoms with E-state index in [2.05, 4.69) is 85.2 Å². The van der Waals surface area contributed by atoms with Crippen LogP contribution in [0.25, 0.3) is 0 Å². The van der Waals surface area contributed by atoms with E-state index in [1.807, 2.05) is 20.8 Å². The van der Waals surface area contributed by atoms with Crippen molar-refractivity contribution in [1.82, 2.24) is 4.90 Å². The predicted octanol–water partition coefficient (Wildman–Crippen LogP) is 5.46. The summed E-state index contributed by atoms with van der Waals surface area (Å²) in [6.07, 6.45) is 5.90. The Balaban J connectivity index is 1.64. The van der Waals surface area contributed by atoms with Gasteiger partial charge in [-0.3, -0.25) is 9.89 Å². The maximum absolute atomic E-state index is 12.0.